The molecule has 0 aliphatic carbocycles. The Hall–Kier alpha value is -1.75. The van der Waals surface area contributed by atoms with Gasteiger partial charge < -0.3 is 19.6 Å². The Bertz CT molecular complexity index is 490. The summed E-state index contributed by atoms with van der Waals surface area (Å²) in [5, 5.41) is 9.93. The predicted octanol–water partition coefficient (Wildman–Crippen LogP) is 1.57. The molecule has 1 aromatic carbocycles. The molecule has 0 aromatic heterocycles. The van der Waals surface area contributed by atoms with Crippen molar-refractivity contribution in [1.82, 2.24) is 9.80 Å². The zero-order valence-corrected chi connectivity index (χ0v) is 12.3. The first-order valence-electron chi connectivity index (χ1n) is 6.89. The molecule has 1 unspecified atom stereocenters. The van der Waals surface area contributed by atoms with Gasteiger partial charge in [0.1, 0.15) is 11.5 Å². The van der Waals surface area contributed by atoms with Gasteiger partial charge in [0, 0.05) is 19.1 Å². The second-order valence-corrected chi connectivity index (χ2v) is 5.35. The number of hydrogen-bond acceptors (Lipinski definition) is 4. The molecule has 1 N–H and O–H groups in total. The molecule has 0 bridgehead atoms. The summed E-state index contributed by atoms with van der Waals surface area (Å²) in [4.78, 5) is 16.7. The number of benzene rings is 1. The molecule has 1 atom stereocenters. The van der Waals surface area contributed by atoms with Crippen LogP contribution in [0.2, 0.25) is 0 Å². The quantitative estimate of drug-likeness (QED) is 0.892. The van der Waals surface area contributed by atoms with Crippen molar-refractivity contribution in [2.45, 2.75) is 19.4 Å². The van der Waals surface area contributed by atoms with E-state index in [0.717, 1.165) is 19.5 Å². The highest BCUT2D eigenvalue weighted by atomic mass is 16.5. The monoisotopic (exact) mass is 278 g/mol. The van der Waals surface area contributed by atoms with Crippen molar-refractivity contribution in [3.63, 3.8) is 0 Å². The minimum atomic E-state index is -0.135. The average molecular weight is 278 g/mol. The second-order valence-electron chi connectivity index (χ2n) is 5.35. The van der Waals surface area contributed by atoms with Gasteiger partial charge in [-0.05, 0) is 45.1 Å². The molecule has 5 heteroatoms. The van der Waals surface area contributed by atoms with Crippen LogP contribution in [0.15, 0.2) is 18.2 Å². The van der Waals surface area contributed by atoms with E-state index in [1.54, 1.807) is 19.2 Å². The van der Waals surface area contributed by atoms with Crippen molar-refractivity contribution in [2.75, 3.05) is 33.8 Å². The first kappa shape index (κ1) is 14.7. The van der Waals surface area contributed by atoms with E-state index >= 15 is 0 Å². The summed E-state index contributed by atoms with van der Waals surface area (Å²) in [5.41, 5.74) is 0.306. The van der Waals surface area contributed by atoms with E-state index in [1.165, 1.54) is 6.07 Å². The van der Waals surface area contributed by atoms with Gasteiger partial charge in [-0.1, -0.05) is 0 Å². The number of hydrogen-bond donors (Lipinski definition) is 1. The van der Waals surface area contributed by atoms with Gasteiger partial charge in [-0.2, -0.15) is 0 Å². The minimum absolute atomic E-state index is 0.000557. The number of ether oxygens (including phenoxy) is 1. The topological polar surface area (TPSA) is 53.0 Å². The summed E-state index contributed by atoms with van der Waals surface area (Å²) in [7, 11) is 3.61. The molecule has 5 nitrogen and oxygen atoms in total. The minimum Gasteiger partial charge on any atom is -0.507 e. The number of phenolic OH excluding ortho intramolecular Hbond substituents is 1. The summed E-state index contributed by atoms with van der Waals surface area (Å²) in [6.07, 6.45) is 0.942. The van der Waals surface area contributed by atoms with Crippen LogP contribution in [-0.2, 0) is 0 Å². The van der Waals surface area contributed by atoms with Crippen molar-refractivity contribution in [3.05, 3.63) is 23.8 Å². The first-order valence-corrected chi connectivity index (χ1v) is 6.89. The second kappa shape index (κ2) is 6.13. The van der Waals surface area contributed by atoms with Crippen LogP contribution in [0.25, 0.3) is 0 Å². The molecule has 0 spiro atoms. The van der Waals surface area contributed by atoms with E-state index in [-0.39, 0.29) is 17.7 Å². The maximum atomic E-state index is 12.7. The van der Waals surface area contributed by atoms with E-state index in [4.69, 9.17) is 4.74 Å². The Morgan fingerprint density at radius 3 is 2.85 bits per heavy atom. The van der Waals surface area contributed by atoms with Gasteiger partial charge in [-0.15, -0.1) is 0 Å². The van der Waals surface area contributed by atoms with Gasteiger partial charge in [0.05, 0.1) is 12.7 Å². The maximum Gasteiger partial charge on any atom is 0.258 e. The van der Waals surface area contributed by atoms with Gasteiger partial charge in [-0.25, -0.2) is 0 Å². The molecule has 110 valence electrons. The molecule has 1 heterocycles. The lowest BCUT2D eigenvalue weighted by atomic mass is 10.1. The van der Waals surface area contributed by atoms with Crippen LogP contribution < -0.4 is 4.74 Å². The maximum absolute atomic E-state index is 12.7. The molecular weight excluding hydrogens is 256 g/mol. The molecule has 1 fully saturated rings. The number of nitrogens with zero attached hydrogens (tertiary/aromatic N) is 2. The summed E-state index contributed by atoms with van der Waals surface area (Å²) in [5.74, 6) is 0.440. The highest BCUT2D eigenvalue weighted by Gasteiger charge is 2.26. The Kier molecular flexibility index (Phi) is 4.49. The summed E-state index contributed by atoms with van der Waals surface area (Å²) >= 11 is 0. The van der Waals surface area contributed by atoms with E-state index in [1.807, 2.05) is 11.8 Å². The van der Waals surface area contributed by atoms with Crippen LogP contribution in [-0.4, -0.2) is 60.6 Å². The molecule has 1 aliphatic heterocycles. The number of phenols is 1. The standard InChI is InChI=1S/C15H22N2O3/c1-11-10-16(2)7-4-8-17(11)15(19)13-9-12(20-3)5-6-14(13)18/h5-6,9,11,18H,4,7-8,10H2,1-3H3. The van der Waals surface area contributed by atoms with Crippen LogP contribution in [0, 0.1) is 0 Å². The van der Waals surface area contributed by atoms with Crippen LogP contribution in [0.5, 0.6) is 11.5 Å². The smallest absolute Gasteiger partial charge is 0.258 e. The lowest BCUT2D eigenvalue weighted by Gasteiger charge is -2.28. The Morgan fingerprint density at radius 2 is 2.15 bits per heavy atom. The number of methoxy groups -OCH3 is 1. The number of rotatable bonds is 2. The molecule has 1 aliphatic rings. The SMILES string of the molecule is COc1ccc(O)c(C(=O)N2CCCN(C)CC2C)c1. The fourth-order valence-corrected chi connectivity index (χ4v) is 2.64. The number of amides is 1. The normalized spacial score (nSPS) is 20.6. The lowest BCUT2D eigenvalue weighted by molar-refractivity contribution is 0.0693. The average Bonchev–Trinajstić information content (AvgIpc) is 2.59. The van der Waals surface area contributed by atoms with Crippen LogP contribution in [0.1, 0.15) is 23.7 Å². The first-order chi connectivity index (χ1) is 9.52. The van der Waals surface area contributed by atoms with Crippen LogP contribution in [0.4, 0.5) is 0 Å². The van der Waals surface area contributed by atoms with Gasteiger partial charge in [0.15, 0.2) is 0 Å². The number of carbonyl (C=O) groups is 1. The Morgan fingerprint density at radius 1 is 1.40 bits per heavy atom. The van der Waals surface area contributed by atoms with Crippen molar-refractivity contribution in [2.24, 2.45) is 0 Å². The summed E-state index contributed by atoms with van der Waals surface area (Å²) in [6, 6.07) is 4.87. The highest BCUT2D eigenvalue weighted by Crippen LogP contribution is 2.25. The largest absolute Gasteiger partial charge is 0.507 e. The van der Waals surface area contributed by atoms with Crippen molar-refractivity contribution in [3.8, 4) is 11.5 Å². The van der Waals surface area contributed by atoms with E-state index in [9.17, 15) is 9.90 Å². The molecule has 1 amide bonds. The third-order valence-electron chi connectivity index (χ3n) is 3.74. The van der Waals surface area contributed by atoms with Gasteiger partial charge in [0.2, 0.25) is 0 Å². The zero-order chi connectivity index (χ0) is 14.7. The number of likely N-dealkylation sites (N-methyl/N-ethyl adjacent to an activating group) is 1. The molecular formula is C15H22N2O3. The predicted molar refractivity (Wildman–Crippen MR) is 77.3 cm³/mol. The van der Waals surface area contributed by atoms with E-state index < -0.39 is 0 Å². The van der Waals surface area contributed by atoms with Crippen molar-refractivity contribution >= 4 is 5.91 Å². The zero-order valence-electron chi connectivity index (χ0n) is 12.3. The third-order valence-corrected chi connectivity index (χ3v) is 3.74. The summed E-state index contributed by atoms with van der Waals surface area (Å²) in [6.45, 7) is 4.58. The van der Waals surface area contributed by atoms with E-state index in [0.29, 0.717) is 17.9 Å². The van der Waals surface area contributed by atoms with Crippen molar-refractivity contribution < 1.29 is 14.6 Å². The van der Waals surface area contributed by atoms with Crippen LogP contribution >= 0.6 is 0 Å². The van der Waals surface area contributed by atoms with E-state index in [2.05, 4.69) is 11.9 Å². The number of aromatic hydroxyl groups is 1. The Balaban J connectivity index is 2.25. The Labute approximate surface area is 119 Å². The molecule has 0 radical (unpaired) electrons. The molecule has 20 heavy (non-hydrogen) atoms. The number of carbonyl (C=O) groups excluding carboxylic acids is 1. The van der Waals surface area contributed by atoms with Gasteiger partial charge >= 0.3 is 0 Å². The molecule has 0 saturated carbocycles. The fraction of sp³-hybridized carbons (Fsp3) is 0.533. The lowest BCUT2D eigenvalue weighted by Crippen LogP contribution is -2.42. The summed E-state index contributed by atoms with van der Waals surface area (Å²) < 4.78 is 5.13. The molecule has 1 saturated heterocycles. The third kappa shape index (κ3) is 3.04. The van der Waals surface area contributed by atoms with Gasteiger partial charge in [-0.3, -0.25) is 4.79 Å². The van der Waals surface area contributed by atoms with Crippen molar-refractivity contribution in [1.29, 1.82) is 0 Å². The molecule has 2 rings (SSSR count). The van der Waals surface area contributed by atoms with Crippen LogP contribution in [0.3, 0.4) is 0 Å². The highest BCUT2D eigenvalue weighted by molar-refractivity contribution is 5.97. The fourth-order valence-electron chi connectivity index (χ4n) is 2.64. The van der Waals surface area contributed by atoms with Gasteiger partial charge in [0.25, 0.3) is 5.91 Å². The molecule has 1 aromatic rings.